The van der Waals surface area contributed by atoms with Crippen molar-refractivity contribution in [1.29, 1.82) is 0 Å². The number of nitro benzene ring substituents is 1. The number of non-ortho nitro benzene ring substituents is 1. The van der Waals surface area contributed by atoms with Gasteiger partial charge < -0.3 is 10.1 Å². The summed E-state index contributed by atoms with van der Waals surface area (Å²) in [5.41, 5.74) is 0.444. The van der Waals surface area contributed by atoms with Crippen molar-refractivity contribution in [3.05, 3.63) is 34.5 Å². The average Bonchev–Trinajstić information content (AvgIpc) is 2.51. The lowest BCUT2D eigenvalue weighted by molar-refractivity contribution is -0.384. The average molecular weight is 178 g/mol. The minimum atomic E-state index is -0.542. The van der Waals surface area contributed by atoms with Crippen molar-refractivity contribution < 1.29 is 10.0 Å². The summed E-state index contributed by atoms with van der Waals surface area (Å²) < 4.78 is 0. The number of fused-ring (bicyclic) bond motifs is 1. The van der Waals surface area contributed by atoms with E-state index in [0.717, 1.165) is 6.07 Å². The van der Waals surface area contributed by atoms with Gasteiger partial charge in [0, 0.05) is 17.6 Å². The quantitative estimate of drug-likeness (QED) is 0.516. The zero-order valence-corrected chi connectivity index (χ0v) is 6.52. The van der Waals surface area contributed by atoms with E-state index < -0.39 is 4.92 Å². The number of aromatic nitrogens is 1. The summed E-state index contributed by atoms with van der Waals surface area (Å²) in [4.78, 5) is 12.6. The molecule has 0 spiro atoms. The Labute approximate surface area is 72.8 Å². The number of phenols is 1. The second-order valence-electron chi connectivity index (χ2n) is 2.66. The van der Waals surface area contributed by atoms with E-state index in [4.69, 9.17) is 0 Å². The summed E-state index contributed by atoms with van der Waals surface area (Å²) in [6, 6.07) is 4.18. The number of hydrogen-bond acceptors (Lipinski definition) is 3. The maximum absolute atomic E-state index is 10.4. The SMILES string of the molecule is O=[N+]([O-])c1cc(O)c2cc[nH]c2c1. The Kier molecular flexibility index (Phi) is 1.45. The molecule has 0 bridgehead atoms. The third kappa shape index (κ3) is 1.10. The molecule has 0 saturated carbocycles. The Hall–Kier alpha value is -2.04. The van der Waals surface area contributed by atoms with E-state index in [1.165, 1.54) is 6.07 Å². The Morgan fingerprint density at radius 2 is 2.23 bits per heavy atom. The van der Waals surface area contributed by atoms with Crippen LogP contribution in [-0.2, 0) is 0 Å². The maximum atomic E-state index is 10.4. The van der Waals surface area contributed by atoms with Crippen molar-refractivity contribution in [2.45, 2.75) is 0 Å². The summed E-state index contributed by atoms with van der Waals surface area (Å²) in [6.07, 6.45) is 1.62. The molecule has 5 heteroatoms. The molecule has 66 valence electrons. The van der Waals surface area contributed by atoms with Crippen molar-refractivity contribution in [2.24, 2.45) is 0 Å². The highest BCUT2D eigenvalue weighted by molar-refractivity contribution is 5.87. The summed E-state index contributed by atoms with van der Waals surface area (Å²) in [7, 11) is 0. The molecular formula is C8H6N2O3. The van der Waals surface area contributed by atoms with Gasteiger partial charge in [-0.3, -0.25) is 10.1 Å². The van der Waals surface area contributed by atoms with Gasteiger partial charge in [-0.25, -0.2) is 0 Å². The van der Waals surface area contributed by atoms with Gasteiger partial charge in [-0.1, -0.05) is 0 Å². The van der Waals surface area contributed by atoms with Crippen molar-refractivity contribution in [2.75, 3.05) is 0 Å². The molecule has 2 rings (SSSR count). The lowest BCUT2D eigenvalue weighted by Crippen LogP contribution is -1.87. The summed E-state index contributed by atoms with van der Waals surface area (Å²) in [6.45, 7) is 0. The molecule has 1 aromatic carbocycles. The predicted octanol–water partition coefficient (Wildman–Crippen LogP) is 1.78. The van der Waals surface area contributed by atoms with Crippen LogP contribution < -0.4 is 0 Å². The fourth-order valence-corrected chi connectivity index (χ4v) is 1.24. The summed E-state index contributed by atoms with van der Waals surface area (Å²) in [5, 5.41) is 20.4. The monoisotopic (exact) mass is 178 g/mol. The van der Waals surface area contributed by atoms with Crippen LogP contribution in [0.25, 0.3) is 10.9 Å². The van der Waals surface area contributed by atoms with E-state index in [9.17, 15) is 15.2 Å². The number of benzene rings is 1. The highest BCUT2D eigenvalue weighted by atomic mass is 16.6. The first-order chi connectivity index (χ1) is 6.18. The molecule has 1 aromatic heterocycles. The molecule has 0 saturated heterocycles. The number of aromatic amines is 1. The standard InChI is InChI=1S/C8H6N2O3/c11-8-4-5(10(12)13)3-7-6(8)1-2-9-7/h1-4,9,11H. The molecule has 13 heavy (non-hydrogen) atoms. The first-order valence-corrected chi connectivity index (χ1v) is 3.63. The van der Waals surface area contributed by atoms with Crippen molar-refractivity contribution in [1.82, 2.24) is 4.98 Å². The Morgan fingerprint density at radius 3 is 2.92 bits per heavy atom. The van der Waals surface area contributed by atoms with Crippen LogP contribution in [0.15, 0.2) is 24.4 Å². The minimum absolute atomic E-state index is 0.0783. The van der Waals surface area contributed by atoms with E-state index in [1.807, 2.05) is 0 Å². The van der Waals surface area contributed by atoms with Crippen LogP contribution >= 0.6 is 0 Å². The Bertz CT molecular complexity index is 475. The smallest absolute Gasteiger partial charge is 0.275 e. The van der Waals surface area contributed by atoms with Crippen LogP contribution in [0.3, 0.4) is 0 Å². The van der Waals surface area contributed by atoms with Gasteiger partial charge in [-0.05, 0) is 6.07 Å². The second kappa shape index (κ2) is 2.48. The van der Waals surface area contributed by atoms with E-state index in [2.05, 4.69) is 4.98 Å². The van der Waals surface area contributed by atoms with Crippen LogP contribution in [0.5, 0.6) is 5.75 Å². The number of nitrogens with one attached hydrogen (secondary N) is 1. The zero-order chi connectivity index (χ0) is 9.42. The van der Waals surface area contributed by atoms with E-state index in [-0.39, 0.29) is 11.4 Å². The van der Waals surface area contributed by atoms with Gasteiger partial charge in [0.05, 0.1) is 16.5 Å². The number of nitrogens with zero attached hydrogens (tertiary/aromatic N) is 1. The number of rotatable bonds is 1. The van der Waals surface area contributed by atoms with Crippen LogP contribution in [0.2, 0.25) is 0 Å². The highest BCUT2D eigenvalue weighted by Crippen LogP contribution is 2.28. The minimum Gasteiger partial charge on any atom is -0.507 e. The summed E-state index contributed by atoms with van der Waals surface area (Å²) in [5.74, 6) is -0.0783. The normalized spacial score (nSPS) is 10.5. The van der Waals surface area contributed by atoms with Crippen molar-refractivity contribution in [3.63, 3.8) is 0 Å². The molecule has 0 fully saturated rings. The van der Waals surface area contributed by atoms with E-state index >= 15 is 0 Å². The fourth-order valence-electron chi connectivity index (χ4n) is 1.24. The molecule has 0 unspecified atom stereocenters. The molecular weight excluding hydrogens is 172 g/mol. The van der Waals surface area contributed by atoms with Gasteiger partial charge >= 0.3 is 0 Å². The third-order valence-electron chi connectivity index (χ3n) is 1.84. The lowest BCUT2D eigenvalue weighted by atomic mass is 10.2. The topological polar surface area (TPSA) is 79.2 Å². The van der Waals surface area contributed by atoms with Crippen LogP contribution in [0, 0.1) is 10.1 Å². The van der Waals surface area contributed by atoms with E-state index in [1.54, 1.807) is 12.3 Å². The zero-order valence-electron chi connectivity index (χ0n) is 6.52. The molecule has 0 atom stereocenters. The van der Waals surface area contributed by atoms with Gasteiger partial charge in [0.2, 0.25) is 0 Å². The number of nitro groups is 1. The molecule has 5 nitrogen and oxygen atoms in total. The molecule has 2 aromatic rings. The Morgan fingerprint density at radius 1 is 1.46 bits per heavy atom. The number of H-pyrrole nitrogens is 1. The largest absolute Gasteiger partial charge is 0.507 e. The fraction of sp³-hybridized carbons (Fsp3) is 0. The number of hydrogen-bond donors (Lipinski definition) is 2. The molecule has 0 aliphatic carbocycles. The highest BCUT2D eigenvalue weighted by Gasteiger charge is 2.10. The van der Waals surface area contributed by atoms with Crippen LogP contribution in [-0.4, -0.2) is 15.0 Å². The number of phenolic OH excluding ortho intramolecular Hbond substituents is 1. The summed E-state index contributed by atoms with van der Waals surface area (Å²) >= 11 is 0. The maximum Gasteiger partial charge on any atom is 0.275 e. The van der Waals surface area contributed by atoms with E-state index in [0.29, 0.717) is 10.9 Å². The lowest BCUT2D eigenvalue weighted by Gasteiger charge is -1.95. The van der Waals surface area contributed by atoms with Gasteiger partial charge in [-0.15, -0.1) is 0 Å². The first kappa shape index (κ1) is 7.60. The van der Waals surface area contributed by atoms with Gasteiger partial charge in [0.15, 0.2) is 0 Å². The van der Waals surface area contributed by atoms with Gasteiger partial charge in [0.1, 0.15) is 5.75 Å². The Balaban J connectivity index is 2.77. The molecule has 0 aliphatic rings. The second-order valence-corrected chi connectivity index (χ2v) is 2.66. The first-order valence-electron chi connectivity index (χ1n) is 3.63. The van der Waals surface area contributed by atoms with Crippen molar-refractivity contribution >= 4 is 16.6 Å². The third-order valence-corrected chi connectivity index (χ3v) is 1.84. The molecule has 1 heterocycles. The molecule has 0 aliphatic heterocycles. The predicted molar refractivity (Wildman–Crippen MR) is 46.6 cm³/mol. The molecule has 0 radical (unpaired) electrons. The van der Waals surface area contributed by atoms with Crippen LogP contribution in [0.4, 0.5) is 5.69 Å². The van der Waals surface area contributed by atoms with Gasteiger partial charge in [0.25, 0.3) is 5.69 Å². The molecule has 2 N–H and O–H groups in total. The van der Waals surface area contributed by atoms with Gasteiger partial charge in [-0.2, -0.15) is 0 Å². The molecule has 0 amide bonds. The number of aromatic hydroxyl groups is 1. The van der Waals surface area contributed by atoms with Crippen molar-refractivity contribution in [3.8, 4) is 5.75 Å². The van der Waals surface area contributed by atoms with Crippen LogP contribution in [0.1, 0.15) is 0 Å².